The molecule has 3 nitrogen and oxygen atoms in total. The standard InChI is InChI=1S/C16H23NO2/c1-4-6-7-8-11-17-13-14-9-10-15(19-5-2)16(12-14)18-3/h1,9-10,12,17H,5-8,11,13H2,2-3H3. The van der Waals surface area contributed by atoms with E-state index >= 15 is 0 Å². The van der Waals surface area contributed by atoms with Crippen LogP contribution in [0.15, 0.2) is 18.2 Å². The molecule has 19 heavy (non-hydrogen) atoms. The van der Waals surface area contributed by atoms with Gasteiger partial charge in [-0.05, 0) is 44.0 Å². The average molecular weight is 261 g/mol. The molecular formula is C16H23NO2. The Morgan fingerprint density at radius 2 is 2.11 bits per heavy atom. The topological polar surface area (TPSA) is 30.5 Å². The van der Waals surface area contributed by atoms with Crippen molar-refractivity contribution >= 4 is 0 Å². The normalized spacial score (nSPS) is 9.95. The molecular weight excluding hydrogens is 238 g/mol. The zero-order valence-electron chi connectivity index (χ0n) is 11.9. The fraction of sp³-hybridized carbons (Fsp3) is 0.500. The van der Waals surface area contributed by atoms with Gasteiger partial charge in [0, 0.05) is 13.0 Å². The van der Waals surface area contributed by atoms with E-state index in [0.29, 0.717) is 6.61 Å². The van der Waals surface area contributed by atoms with Gasteiger partial charge in [-0.3, -0.25) is 0 Å². The second kappa shape index (κ2) is 9.29. The quantitative estimate of drug-likeness (QED) is 0.547. The first-order valence-electron chi connectivity index (χ1n) is 6.75. The Morgan fingerprint density at radius 1 is 1.26 bits per heavy atom. The SMILES string of the molecule is C#CCCCCNCc1ccc(OCC)c(OC)c1. The van der Waals surface area contributed by atoms with E-state index in [2.05, 4.69) is 17.3 Å². The highest BCUT2D eigenvalue weighted by molar-refractivity contribution is 5.42. The molecule has 1 aromatic rings. The molecule has 0 aromatic heterocycles. The summed E-state index contributed by atoms with van der Waals surface area (Å²) in [6.45, 7) is 4.42. The minimum Gasteiger partial charge on any atom is -0.493 e. The van der Waals surface area contributed by atoms with Crippen molar-refractivity contribution in [3.05, 3.63) is 23.8 Å². The first-order valence-corrected chi connectivity index (χ1v) is 6.75. The Kier molecular flexibility index (Phi) is 7.53. The molecule has 0 saturated carbocycles. The van der Waals surface area contributed by atoms with E-state index in [1.165, 1.54) is 5.56 Å². The number of benzene rings is 1. The molecule has 0 aliphatic rings. The fourth-order valence-electron chi connectivity index (χ4n) is 1.81. The van der Waals surface area contributed by atoms with Gasteiger partial charge in [0.1, 0.15) is 0 Å². The average Bonchev–Trinajstić information content (AvgIpc) is 2.44. The van der Waals surface area contributed by atoms with Crippen molar-refractivity contribution in [1.29, 1.82) is 0 Å². The highest BCUT2D eigenvalue weighted by atomic mass is 16.5. The highest BCUT2D eigenvalue weighted by Crippen LogP contribution is 2.27. The Balaban J connectivity index is 2.40. The van der Waals surface area contributed by atoms with Crippen molar-refractivity contribution in [2.45, 2.75) is 32.7 Å². The molecule has 0 aliphatic heterocycles. The summed E-state index contributed by atoms with van der Waals surface area (Å²) in [4.78, 5) is 0. The van der Waals surface area contributed by atoms with E-state index in [4.69, 9.17) is 15.9 Å². The van der Waals surface area contributed by atoms with Crippen LogP contribution in [0.25, 0.3) is 0 Å². The minimum absolute atomic E-state index is 0.642. The summed E-state index contributed by atoms with van der Waals surface area (Å²) in [5.74, 6) is 4.23. The van der Waals surface area contributed by atoms with Crippen LogP contribution in [0.4, 0.5) is 0 Å². The molecule has 0 atom stereocenters. The molecule has 0 radical (unpaired) electrons. The number of unbranched alkanes of at least 4 members (excludes halogenated alkanes) is 2. The Bertz CT molecular complexity index is 410. The van der Waals surface area contributed by atoms with Crippen LogP contribution in [0.3, 0.4) is 0 Å². The van der Waals surface area contributed by atoms with Crippen LogP contribution in [-0.2, 0) is 6.54 Å². The van der Waals surface area contributed by atoms with Crippen LogP contribution in [0.1, 0.15) is 31.7 Å². The molecule has 3 heteroatoms. The molecule has 104 valence electrons. The lowest BCUT2D eigenvalue weighted by Crippen LogP contribution is -2.14. The molecule has 1 aromatic carbocycles. The highest BCUT2D eigenvalue weighted by Gasteiger charge is 2.04. The third-order valence-corrected chi connectivity index (χ3v) is 2.78. The first-order chi connectivity index (χ1) is 9.31. The van der Waals surface area contributed by atoms with Gasteiger partial charge in [-0.2, -0.15) is 0 Å². The van der Waals surface area contributed by atoms with Crippen LogP contribution in [-0.4, -0.2) is 20.3 Å². The van der Waals surface area contributed by atoms with Crippen molar-refractivity contribution in [3.8, 4) is 23.8 Å². The molecule has 0 saturated heterocycles. The van der Waals surface area contributed by atoms with E-state index in [9.17, 15) is 0 Å². The predicted octanol–water partition coefficient (Wildman–Crippen LogP) is 2.99. The van der Waals surface area contributed by atoms with Gasteiger partial charge in [0.2, 0.25) is 0 Å². The molecule has 0 fully saturated rings. The van der Waals surface area contributed by atoms with Crippen molar-refractivity contribution in [2.75, 3.05) is 20.3 Å². The molecule has 1 N–H and O–H groups in total. The largest absolute Gasteiger partial charge is 0.493 e. The number of terminal acetylenes is 1. The van der Waals surface area contributed by atoms with Crippen LogP contribution >= 0.6 is 0 Å². The number of rotatable bonds is 9. The number of methoxy groups -OCH3 is 1. The monoisotopic (exact) mass is 261 g/mol. The summed E-state index contributed by atoms with van der Waals surface area (Å²) < 4.78 is 10.8. The smallest absolute Gasteiger partial charge is 0.161 e. The van der Waals surface area contributed by atoms with E-state index in [1.807, 2.05) is 19.1 Å². The summed E-state index contributed by atoms with van der Waals surface area (Å²) >= 11 is 0. The Hall–Kier alpha value is -1.66. The van der Waals surface area contributed by atoms with Gasteiger partial charge in [-0.15, -0.1) is 12.3 Å². The molecule has 1 rings (SSSR count). The van der Waals surface area contributed by atoms with Gasteiger partial charge in [0.05, 0.1) is 13.7 Å². The van der Waals surface area contributed by atoms with E-state index < -0.39 is 0 Å². The third kappa shape index (κ3) is 5.67. The van der Waals surface area contributed by atoms with Crippen LogP contribution in [0, 0.1) is 12.3 Å². The third-order valence-electron chi connectivity index (χ3n) is 2.78. The molecule has 0 aliphatic carbocycles. The van der Waals surface area contributed by atoms with Gasteiger partial charge >= 0.3 is 0 Å². The lowest BCUT2D eigenvalue weighted by molar-refractivity contribution is 0.310. The van der Waals surface area contributed by atoms with Crippen molar-refractivity contribution in [1.82, 2.24) is 5.32 Å². The summed E-state index contributed by atoms with van der Waals surface area (Å²) in [6.07, 6.45) is 8.26. The Labute approximate surface area is 116 Å². The first kappa shape index (κ1) is 15.4. The van der Waals surface area contributed by atoms with Gasteiger partial charge in [-0.1, -0.05) is 6.07 Å². The Morgan fingerprint density at radius 3 is 2.79 bits per heavy atom. The second-order valence-electron chi connectivity index (χ2n) is 4.26. The van der Waals surface area contributed by atoms with Crippen molar-refractivity contribution < 1.29 is 9.47 Å². The molecule has 0 heterocycles. The number of ether oxygens (including phenoxy) is 2. The summed E-state index contributed by atoms with van der Waals surface area (Å²) in [5, 5.41) is 3.40. The maximum absolute atomic E-state index is 5.49. The summed E-state index contributed by atoms with van der Waals surface area (Å²) in [5.41, 5.74) is 1.19. The maximum Gasteiger partial charge on any atom is 0.161 e. The number of nitrogens with one attached hydrogen (secondary N) is 1. The molecule has 0 spiro atoms. The van der Waals surface area contributed by atoms with Gasteiger partial charge < -0.3 is 14.8 Å². The van der Waals surface area contributed by atoms with Gasteiger partial charge in [0.25, 0.3) is 0 Å². The van der Waals surface area contributed by atoms with Gasteiger partial charge in [-0.25, -0.2) is 0 Å². The lowest BCUT2D eigenvalue weighted by Gasteiger charge is -2.11. The van der Waals surface area contributed by atoms with Gasteiger partial charge in [0.15, 0.2) is 11.5 Å². The van der Waals surface area contributed by atoms with E-state index in [-0.39, 0.29) is 0 Å². The predicted molar refractivity (Wildman–Crippen MR) is 78.6 cm³/mol. The summed E-state index contributed by atoms with van der Waals surface area (Å²) in [6, 6.07) is 6.03. The van der Waals surface area contributed by atoms with Crippen LogP contribution in [0.2, 0.25) is 0 Å². The number of hydrogen-bond donors (Lipinski definition) is 1. The van der Waals surface area contributed by atoms with Crippen LogP contribution in [0.5, 0.6) is 11.5 Å². The zero-order chi connectivity index (χ0) is 13.9. The van der Waals surface area contributed by atoms with E-state index in [0.717, 1.165) is 43.9 Å². The van der Waals surface area contributed by atoms with Crippen LogP contribution < -0.4 is 14.8 Å². The molecule has 0 unspecified atom stereocenters. The fourth-order valence-corrected chi connectivity index (χ4v) is 1.81. The maximum atomic E-state index is 5.49. The molecule has 0 amide bonds. The van der Waals surface area contributed by atoms with Crippen molar-refractivity contribution in [3.63, 3.8) is 0 Å². The second-order valence-corrected chi connectivity index (χ2v) is 4.26. The number of hydrogen-bond acceptors (Lipinski definition) is 3. The zero-order valence-corrected chi connectivity index (χ0v) is 11.9. The van der Waals surface area contributed by atoms with Crippen molar-refractivity contribution in [2.24, 2.45) is 0 Å². The molecule has 0 bridgehead atoms. The van der Waals surface area contributed by atoms with E-state index in [1.54, 1.807) is 7.11 Å². The lowest BCUT2D eigenvalue weighted by atomic mass is 10.2. The summed E-state index contributed by atoms with van der Waals surface area (Å²) in [7, 11) is 1.66. The minimum atomic E-state index is 0.642.